The molecule has 5 nitrogen and oxygen atoms in total. The van der Waals surface area contributed by atoms with Crippen molar-refractivity contribution in [3.05, 3.63) is 54.4 Å². The minimum atomic E-state index is 0. The Labute approximate surface area is 166 Å². The first-order valence-corrected chi connectivity index (χ1v) is 8.40. The van der Waals surface area contributed by atoms with Crippen LogP contribution in [0.2, 0.25) is 0 Å². The highest BCUT2D eigenvalue weighted by Gasteiger charge is 2.31. The van der Waals surface area contributed by atoms with E-state index in [0.717, 1.165) is 30.6 Å². The number of nitrogens with zero attached hydrogens (tertiary/aromatic N) is 1. The molecule has 1 aromatic carbocycles. The largest absolute Gasteiger partial charge is 0.487 e. The lowest BCUT2D eigenvalue weighted by molar-refractivity contribution is -0.120. The first kappa shape index (κ1) is 22.2. The molecule has 2 aromatic rings. The van der Waals surface area contributed by atoms with Gasteiger partial charge in [-0.3, -0.25) is 9.78 Å². The molecule has 1 fully saturated rings. The highest BCUT2D eigenvalue weighted by molar-refractivity contribution is 5.93. The van der Waals surface area contributed by atoms with Gasteiger partial charge in [-0.25, -0.2) is 0 Å². The molecule has 0 bridgehead atoms. The van der Waals surface area contributed by atoms with E-state index in [1.54, 1.807) is 6.20 Å². The third-order valence-corrected chi connectivity index (χ3v) is 4.51. The smallest absolute Gasteiger partial charge is 0.227 e. The van der Waals surface area contributed by atoms with Crippen LogP contribution in [0.25, 0.3) is 0 Å². The van der Waals surface area contributed by atoms with Gasteiger partial charge in [0.25, 0.3) is 0 Å². The fraction of sp³-hybridized carbons (Fsp3) is 0.368. The lowest BCUT2D eigenvalue weighted by Crippen LogP contribution is -2.29. The average Bonchev–Trinajstić information content (AvgIpc) is 3.10. The lowest BCUT2D eigenvalue weighted by atomic mass is 9.95. The number of halogens is 2. The summed E-state index contributed by atoms with van der Waals surface area (Å²) in [4.78, 5) is 16.7. The Morgan fingerprint density at radius 1 is 1.19 bits per heavy atom. The molecule has 3 N–H and O–H groups in total. The van der Waals surface area contributed by atoms with Crippen LogP contribution in [0.5, 0.6) is 5.75 Å². The Bertz CT molecular complexity index is 685. The Morgan fingerprint density at radius 2 is 2.04 bits per heavy atom. The Hall–Kier alpha value is -1.82. The van der Waals surface area contributed by atoms with Gasteiger partial charge in [-0.2, -0.15) is 0 Å². The maximum atomic E-state index is 12.5. The van der Waals surface area contributed by atoms with Crippen LogP contribution in [0.1, 0.15) is 25.0 Å². The van der Waals surface area contributed by atoms with Gasteiger partial charge in [0, 0.05) is 23.9 Å². The number of nitrogens with two attached hydrogens (primary N) is 1. The van der Waals surface area contributed by atoms with Crippen LogP contribution in [0.3, 0.4) is 0 Å². The van der Waals surface area contributed by atoms with Crippen molar-refractivity contribution in [2.24, 2.45) is 17.6 Å². The normalized spacial score (nSPS) is 18.3. The zero-order valence-corrected chi connectivity index (χ0v) is 16.1. The summed E-state index contributed by atoms with van der Waals surface area (Å²) in [6.07, 6.45) is 4.78. The van der Waals surface area contributed by atoms with Crippen molar-refractivity contribution in [3.63, 3.8) is 0 Å². The van der Waals surface area contributed by atoms with Gasteiger partial charge in [-0.15, -0.1) is 24.8 Å². The maximum Gasteiger partial charge on any atom is 0.227 e. The summed E-state index contributed by atoms with van der Waals surface area (Å²) in [5.74, 6) is 1.09. The minimum Gasteiger partial charge on any atom is -0.487 e. The summed E-state index contributed by atoms with van der Waals surface area (Å²) in [7, 11) is 0. The molecule has 3 rings (SSSR count). The third kappa shape index (κ3) is 5.87. The molecule has 1 aromatic heterocycles. The predicted octanol–water partition coefficient (Wildman–Crippen LogP) is 3.82. The van der Waals surface area contributed by atoms with Gasteiger partial charge in [-0.1, -0.05) is 18.6 Å². The second-order valence-corrected chi connectivity index (χ2v) is 6.16. The molecule has 1 aliphatic carbocycles. The first-order chi connectivity index (χ1) is 11.8. The predicted molar refractivity (Wildman–Crippen MR) is 108 cm³/mol. The number of hydrogen-bond donors (Lipinski definition) is 2. The summed E-state index contributed by atoms with van der Waals surface area (Å²) in [5, 5.41) is 3.00. The van der Waals surface area contributed by atoms with E-state index in [1.807, 2.05) is 42.5 Å². The van der Waals surface area contributed by atoms with Gasteiger partial charge >= 0.3 is 0 Å². The van der Waals surface area contributed by atoms with E-state index in [0.29, 0.717) is 24.8 Å². The second-order valence-electron chi connectivity index (χ2n) is 6.16. The second kappa shape index (κ2) is 11.0. The summed E-state index contributed by atoms with van der Waals surface area (Å²) in [6.45, 7) is 0.974. The molecule has 0 saturated heterocycles. The number of carbonyl (C=O) groups is 1. The molecule has 1 saturated carbocycles. The van der Waals surface area contributed by atoms with E-state index in [2.05, 4.69) is 10.3 Å². The number of nitrogens with one attached hydrogen (secondary N) is 1. The molecule has 26 heavy (non-hydrogen) atoms. The molecule has 0 unspecified atom stereocenters. The number of benzene rings is 1. The number of hydrogen-bond acceptors (Lipinski definition) is 4. The molecular formula is C19H25Cl2N3O2. The number of carbonyl (C=O) groups excluding carboxylic acids is 1. The van der Waals surface area contributed by atoms with E-state index in [4.69, 9.17) is 10.5 Å². The summed E-state index contributed by atoms with van der Waals surface area (Å²) in [5.41, 5.74) is 7.38. The molecule has 7 heteroatoms. The molecule has 1 amide bonds. The minimum absolute atomic E-state index is 0. The standard InChI is InChI=1S/C19H23N3O2.2ClH/c20-12-14-5-3-9-18(14)19(23)22-15-7-4-8-17(11-15)24-13-16-6-1-2-10-21-16;;/h1-2,4,6-8,10-11,14,18H,3,5,9,12-13,20H2,(H,22,23);2*1H/t14-,18-;;/m1../s1. The van der Waals surface area contributed by atoms with Crippen molar-refractivity contribution in [3.8, 4) is 5.75 Å². The number of rotatable bonds is 6. The molecule has 0 aliphatic heterocycles. The van der Waals surface area contributed by atoms with Gasteiger partial charge in [0.2, 0.25) is 5.91 Å². The first-order valence-electron chi connectivity index (χ1n) is 8.40. The van der Waals surface area contributed by atoms with Gasteiger partial charge in [-0.05, 0) is 49.6 Å². The van der Waals surface area contributed by atoms with Crippen LogP contribution < -0.4 is 15.8 Å². The van der Waals surface area contributed by atoms with Gasteiger partial charge < -0.3 is 15.8 Å². The van der Waals surface area contributed by atoms with E-state index in [-0.39, 0.29) is 36.6 Å². The SMILES string of the molecule is Cl.Cl.NC[C@H]1CCC[C@H]1C(=O)Nc1cccc(OCc2ccccn2)c1. The van der Waals surface area contributed by atoms with Crippen molar-refractivity contribution in [1.82, 2.24) is 4.98 Å². The highest BCUT2D eigenvalue weighted by Crippen LogP contribution is 2.32. The molecule has 1 heterocycles. The number of amides is 1. The highest BCUT2D eigenvalue weighted by atomic mass is 35.5. The molecule has 2 atom stereocenters. The fourth-order valence-corrected chi connectivity index (χ4v) is 3.20. The topological polar surface area (TPSA) is 77.2 Å². The quantitative estimate of drug-likeness (QED) is 0.776. The molecule has 1 aliphatic rings. The molecular weight excluding hydrogens is 373 g/mol. The number of ether oxygens (including phenoxy) is 1. The van der Waals surface area contributed by atoms with Crippen molar-refractivity contribution < 1.29 is 9.53 Å². The van der Waals surface area contributed by atoms with Crippen LogP contribution >= 0.6 is 24.8 Å². The van der Waals surface area contributed by atoms with Crippen LogP contribution in [-0.2, 0) is 11.4 Å². The Kier molecular flexibility index (Phi) is 9.41. The zero-order chi connectivity index (χ0) is 16.8. The molecule has 0 radical (unpaired) electrons. The maximum absolute atomic E-state index is 12.5. The molecule has 0 spiro atoms. The summed E-state index contributed by atoms with van der Waals surface area (Å²) < 4.78 is 5.75. The Morgan fingerprint density at radius 3 is 2.77 bits per heavy atom. The average molecular weight is 398 g/mol. The molecule has 142 valence electrons. The zero-order valence-electron chi connectivity index (χ0n) is 14.5. The van der Waals surface area contributed by atoms with Crippen molar-refractivity contribution >= 4 is 36.4 Å². The van der Waals surface area contributed by atoms with Crippen molar-refractivity contribution in [1.29, 1.82) is 0 Å². The van der Waals surface area contributed by atoms with Gasteiger partial charge in [0.1, 0.15) is 12.4 Å². The van der Waals surface area contributed by atoms with Crippen molar-refractivity contribution in [2.75, 3.05) is 11.9 Å². The number of anilines is 1. The van der Waals surface area contributed by atoms with E-state index >= 15 is 0 Å². The van der Waals surface area contributed by atoms with E-state index < -0.39 is 0 Å². The van der Waals surface area contributed by atoms with Crippen LogP contribution in [0.4, 0.5) is 5.69 Å². The number of pyridine rings is 1. The summed E-state index contributed by atoms with van der Waals surface area (Å²) >= 11 is 0. The fourth-order valence-electron chi connectivity index (χ4n) is 3.20. The monoisotopic (exact) mass is 397 g/mol. The van der Waals surface area contributed by atoms with E-state index in [1.165, 1.54) is 0 Å². The number of aromatic nitrogens is 1. The van der Waals surface area contributed by atoms with Gasteiger partial charge in [0.05, 0.1) is 5.69 Å². The van der Waals surface area contributed by atoms with Crippen LogP contribution in [0.15, 0.2) is 48.7 Å². The van der Waals surface area contributed by atoms with Crippen LogP contribution in [0, 0.1) is 11.8 Å². The van der Waals surface area contributed by atoms with Crippen molar-refractivity contribution in [2.45, 2.75) is 25.9 Å². The van der Waals surface area contributed by atoms with Gasteiger partial charge in [0.15, 0.2) is 0 Å². The lowest BCUT2D eigenvalue weighted by Gasteiger charge is -2.17. The van der Waals surface area contributed by atoms with E-state index in [9.17, 15) is 4.79 Å². The summed E-state index contributed by atoms with van der Waals surface area (Å²) in [6, 6.07) is 13.2. The third-order valence-electron chi connectivity index (χ3n) is 4.51. The Balaban J connectivity index is 0.00000169. The van der Waals surface area contributed by atoms with Crippen LogP contribution in [-0.4, -0.2) is 17.4 Å².